The van der Waals surface area contributed by atoms with Crippen molar-refractivity contribution in [2.24, 2.45) is 5.16 Å². The summed E-state index contributed by atoms with van der Waals surface area (Å²) >= 11 is 3.61. The molecule has 0 N–H and O–H groups in total. The molecule has 3 atom stereocenters. The smallest absolute Gasteiger partial charge is 0.286 e. The van der Waals surface area contributed by atoms with Crippen molar-refractivity contribution in [3.8, 4) is 34.5 Å². The van der Waals surface area contributed by atoms with E-state index in [9.17, 15) is 14.9 Å². The lowest BCUT2D eigenvalue weighted by molar-refractivity contribution is -0.385. The van der Waals surface area contributed by atoms with E-state index in [4.69, 9.17) is 38.0 Å². The Morgan fingerprint density at radius 3 is 2.24 bits per heavy atom. The van der Waals surface area contributed by atoms with Crippen molar-refractivity contribution in [3.05, 3.63) is 75.3 Å². The van der Waals surface area contributed by atoms with Gasteiger partial charge in [-0.1, -0.05) is 31.1 Å². The molecule has 1 amide bonds. The number of ether oxygens (including phenoxy) is 7. The molecule has 0 radical (unpaired) electrons. The van der Waals surface area contributed by atoms with Gasteiger partial charge >= 0.3 is 0 Å². The summed E-state index contributed by atoms with van der Waals surface area (Å²) < 4.78 is 40.0. The van der Waals surface area contributed by atoms with Crippen LogP contribution in [0.25, 0.3) is 0 Å². The zero-order valence-corrected chi connectivity index (χ0v) is 33.9. The maximum atomic E-state index is 13.9. The quantitative estimate of drug-likeness (QED) is 0.0635. The number of benzene rings is 3. The summed E-state index contributed by atoms with van der Waals surface area (Å²) in [5.74, 6) is 3.90. The van der Waals surface area contributed by atoms with Gasteiger partial charge in [-0.25, -0.2) is 0 Å². The molecule has 14 nitrogen and oxygen atoms in total. The van der Waals surface area contributed by atoms with Gasteiger partial charge in [-0.2, -0.15) is 0 Å². The molecule has 55 heavy (non-hydrogen) atoms. The third-order valence-corrected chi connectivity index (χ3v) is 12.1. The normalized spacial score (nSPS) is 17.0. The Labute approximate surface area is 330 Å². The Bertz CT molecular complexity index is 1800. The highest BCUT2D eigenvalue weighted by molar-refractivity contribution is 8.17. The fourth-order valence-electron chi connectivity index (χ4n) is 6.56. The van der Waals surface area contributed by atoms with Crippen molar-refractivity contribution in [1.29, 1.82) is 0 Å². The second kappa shape index (κ2) is 19.9. The summed E-state index contributed by atoms with van der Waals surface area (Å²) in [7, 11) is 7.63. The Morgan fingerprint density at radius 1 is 0.927 bits per heavy atom. The monoisotopic (exact) mass is 799 g/mol. The van der Waals surface area contributed by atoms with Gasteiger partial charge in [0.25, 0.3) is 11.6 Å². The van der Waals surface area contributed by atoms with Gasteiger partial charge in [0, 0.05) is 31.7 Å². The van der Waals surface area contributed by atoms with E-state index in [1.807, 2.05) is 36.4 Å². The van der Waals surface area contributed by atoms with Crippen LogP contribution in [0.1, 0.15) is 60.7 Å². The Kier molecular flexibility index (Phi) is 15.0. The first-order chi connectivity index (χ1) is 26.7. The van der Waals surface area contributed by atoms with Gasteiger partial charge in [-0.15, -0.1) is 23.5 Å². The van der Waals surface area contributed by atoms with Crippen LogP contribution >= 0.6 is 23.5 Å². The number of carbonyl (C=O) groups excluding carboxylic acids is 1. The van der Waals surface area contributed by atoms with Crippen molar-refractivity contribution >= 4 is 40.8 Å². The first kappa shape index (κ1) is 41.6. The number of nitro benzene ring substituents is 1. The highest BCUT2D eigenvalue weighted by Gasteiger charge is 2.38. The number of amides is 1. The van der Waals surface area contributed by atoms with Crippen LogP contribution in [0.3, 0.4) is 0 Å². The summed E-state index contributed by atoms with van der Waals surface area (Å²) in [4.78, 5) is 33.3. The minimum atomic E-state index is -0.555. The average Bonchev–Trinajstić information content (AvgIpc) is 3.91. The van der Waals surface area contributed by atoms with Crippen LogP contribution in [-0.2, 0) is 9.57 Å². The molecule has 0 spiro atoms. The number of methoxy groups -OCH3 is 5. The van der Waals surface area contributed by atoms with E-state index in [1.54, 1.807) is 49.8 Å². The van der Waals surface area contributed by atoms with Crippen LogP contribution in [0.4, 0.5) is 5.69 Å². The van der Waals surface area contributed by atoms with Gasteiger partial charge in [0.05, 0.1) is 55.8 Å². The van der Waals surface area contributed by atoms with Gasteiger partial charge in [0.15, 0.2) is 29.1 Å². The summed E-state index contributed by atoms with van der Waals surface area (Å²) in [6.45, 7) is 4.85. The first-order valence-electron chi connectivity index (χ1n) is 18.0. The van der Waals surface area contributed by atoms with Crippen molar-refractivity contribution in [2.75, 3.05) is 66.8 Å². The third kappa shape index (κ3) is 9.83. The van der Waals surface area contributed by atoms with Crippen LogP contribution in [0.5, 0.6) is 34.5 Å². The highest BCUT2D eigenvalue weighted by atomic mass is 32.2. The number of thioether (sulfide) groups is 2. The van der Waals surface area contributed by atoms with Gasteiger partial charge in [-0.05, 0) is 54.2 Å². The lowest BCUT2D eigenvalue weighted by Gasteiger charge is -2.31. The molecule has 5 rings (SSSR count). The van der Waals surface area contributed by atoms with Crippen LogP contribution < -0.4 is 28.4 Å². The molecule has 2 heterocycles. The highest BCUT2D eigenvalue weighted by Crippen LogP contribution is 2.42. The average molecular weight is 800 g/mol. The molecular formula is C39H49N3O11S2. The van der Waals surface area contributed by atoms with E-state index in [-0.39, 0.29) is 58.6 Å². The predicted molar refractivity (Wildman–Crippen MR) is 213 cm³/mol. The van der Waals surface area contributed by atoms with Crippen LogP contribution in [-0.4, -0.2) is 105 Å². The van der Waals surface area contributed by atoms with E-state index >= 15 is 0 Å². The maximum Gasteiger partial charge on any atom is 0.286 e. The number of nitrogens with zero attached hydrogens (tertiary/aromatic N) is 3. The Morgan fingerprint density at radius 2 is 1.62 bits per heavy atom. The molecule has 1 saturated heterocycles. The van der Waals surface area contributed by atoms with Crippen LogP contribution in [0.15, 0.2) is 53.7 Å². The van der Waals surface area contributed by atoms with E-state index < -0.39 is 11.0 Å². The maximum absolute atomic E-state index is 13.9. The molecule has 0 bridgehead atoms. The fourth-order valence-corrected chi connectivity index (χ4v) is 9.43. The van der Waals surface area contributed by atoms with Crippen molar-refractivity contribution in [2.45, 2.75) is 55.9 Å². The predicted octanol–water partition coefficient (Wildman–Crippen LogP) is 7.40. The number of likely N-dealkylation sites (tertiary alicyclic amines) is 1. The second-order valence-electron chi connectivity index (χ2n) is 12.6. The first-order valence-corrected chi connectivity index (χ1v) is 20.1. The van der Waals surface area contributed by atoms with Crippen LogP contribution in [0.2, 0.25) is 0 Å². The molecule has 1 fully saturated rings. The topological polar surface area (TPSA) is 150 Å². The van der Waals surface area contributed by atoms with E-state index in [0.29, 0.717) is 36.0 Å². The summed E-state index contributed by atoms with van der Waals surface area (Å²) in [5.41, 5.74) is 2.01. The number of carbonyl (C=O) groups is 1. The minimum absolute atomic E-state index is 0.00686. The lowest BCUT2D eigenvalue weighted by Crippen LogP contribution is -2.41. The van der Waals surface area contributed by atoms with E-state index in [1.165, 1.54) is 26.4 Å². The molecule has 16 heteroatoms. The molecule has 0 aromatic heterocycles. The fraction of sp³-hybridized carbons (Fsp3) is 0.487. The zero-order valence-electron chi connectivity index (χ0n) is 32.2. The molecule has 3 unspecified atom stereocenters. The summed E-state index contributed by atoms with van der Waals surface area (Å²) in [6, 6.07) is 13.8. The second-order valence-corrected chi connectivity index (χ2v) is 15.7. The molecule has 3 aromatic rings. The third-order valence-electron chi connectivity index (χ3n) is 9.34. The van der Waals surface area contributed by atoms with Crippen molar-refractivity contribution < 1.29 is 47.7 Å². The minimum Gasteiger partial charge on any atom is -0.493 e. The Hall–Kier alpha value is -4.54. The van der Waals surface area contributed by atoms with Crippen LogP contribution in [0, 0.1) is 10.1 Å². The van der Waals surface area contributed by atoms with E-state index in [0.717, 1.165) is 41.2 Å². The summed E-state index contributed by atoms with van der Waals surface area (Å²) in [6.07, 6.45) is 1.30. The molecule has 2 aliphatic heterocycles. The molecule has 298 valence electrons. The van der Waals surface area contributed by atoms with Gasteiger partial charge in [0.2, 0.25) is 5.75 Å². The number of hydrogen-bond acceptors (Lipinski definition) is 14. The molecule has 0 saturated carbocycles. The Balaban J connectivity index is 1.23. The number of hydrogen-bond donors (Lipinski definition) is 0. The molecule has 3 aromatic carbocycles. The number of rotatable bonds is 20. The summed E-state index contributed by atoms with van der Waals surface area (Å²) in [5, 5.41) is 16.7. The standard InChI is InChI=1S/C39H49N3O11S2/c1-8-54-39(55-9-2)30-14-11-15-41(30)38(43)28-19-33(47-4)34(21-31(28)42(44)45)52-23-27(46-3)22-51-26-13-10-12-24(16-26)32-20-29(40-53-32)25-17-35(48-5)37(50-7)36(18-25)49-6/h10,12-13,16-19,21,27,30,32,39H,8-9,11,14-15,20,22-23H2,1-7H3. The number of oxime groups is 1. The van der Waals surface area contributed by atoms with Gasteiger partial charge in [0.1, 0.15) is 30.6 Å². The van der Waals surface area contributed by atoms with Crippen molar-refractivity contribution in [3.63, 3.8) is 0 Å². The molecule has 2 aliphatic rings. The van der Waals surface area contributed by atoms with Gasteiger partial charge in [-0.3, -0.25) is 14.9 Å². The largest absolute Gasteiger partial charge is 0.493 e. The van der Waals surface area contributed by atoms with Crippen molar-refractivity contribution in [1.82, 2.24) is 4.90 Å². The van der Waals surface area contributed by atoms with E-state index in [2.05, 4.69) is 19.0 Å². The molecule has 0 aliphatic carbocycles. The van der Waals surface area contributed by atoms with Gasteiger partial charge < -0.3 is 42.9 Å². The zero-order chi connectivity index (χ0) is 39.5. The SMILES string of the molecule is CCSC(SCC)C1CCCN1C(=O)c1cc(OC)c(OCC(COc2cccc(C3CC(c4cc(OC)c(OC)c(OC)c4)=NO3)c2)OC)cc1[N+](=O)[O-]. The molecular weight excluding hydrogens is 751 g/mol. The number of nitro groups is 1. The lowest BCUT2D eigenvalue weighted by atomic mass is 9.99.